The van der Waals surface area contributed by atoms with Crippen LogP contribution in [0, 0.1) is 17.0 Å². The van der Waals surface area contributed by atoms with Gasteiger partial charge in [0.1, 0.15) is 5.75 Å². The number of phenols is 1. The van der Waals surface area contributed by atoms with E-state index in [1.165, 1.54) is 43.3 Å². The Labute approximate surface area is 159 Å². The van der Waals surface area contributed by atoms with Crippen LogP contribution in [-0.2, 0) is 10.1 Å². The second-order valence-corrected chi connectivity index (χ2v) is 7.46. The van der Waals surface area contributed by atoms with Gasteiger partial charge in [0.05, 0.1) is 15.5 Å². The number of aromatic hydroxyl groups is 1. The summed E-state index contributed by atoms with van der Waals surface area (Å²) in [4.78, 5) is 22.4. The third kappa shape index (κ3) is 3.63. The fourth-order valence-electron chi connectivity index (χ4n) is 2.83. The largest absolute Gasteiger partial charge is 0.507 e. The molecule has 9 nitrogen and oxygen atoms in total. The summed E-state index contributed by atoms with van der Waals surface area (Å²) in [5, 5.41) is 24.2. The third-order valence-corrected chi connectivity index (χ3v) is 4.96. The highest BCUT2D eigenvalue weighted by Crippen LogP contribution is 2.34. The number of phenolic OH excluding ortho intramolecular Hbond substituents is 1. The lowest BCUT2D eigenvalue weighted by atomic mass is 10.1. The molecule has 3 rings (SSSR count). The fourth-order valence-corrected chi connectivity index (χ4v) is 3.36. The second kappa shape index (κ2) is 6.91. The van der Waals surface area contributed by atoms with Crippen molar-refractivity contribution in [1.82, 2.24) is 0 Å². The highest BCUT2D eigenvalue weighted by molar-refractivity contribution is 7.85. The average Bonchev–Trinajstić information content (AvgIpc) is 2.60. The molecule has 144 valence electrons. The zero-order valence-corrected chi connectivity index (χ0v) is 15.2. The van der Waals surface area contributed by atoms with E-state index in [4.69, 9.17) is 4.55 Å². The highest BCUT2D eigenvalue weighted by atomic mass is 32.2. The molecule has 0 radical (unpaired) electrons. The van der Waals surface area contributed by atoms with Crippen LogP contribution in [0.4, 0.5) is 11.4 Å². The van der Waals surface area contributed by atoms with E-state index < -0.39 is 31.6 Å². The van der Waals surface area contributed by atoms with E-state index in [0.29, 0.717) is 5.56 Å². The van der Waals surface area contributed by atoms with Crippen LogP contribution in [0.3, 0.4) is 0 Å². The molecule has 0 fully saturated rings. The van der Waals surface area contributed by atoms with Crippen molar-refractivity contribution < 1.29 is 27.8 Å². The third-order valence-electron chi connectivity index (χ3n) is 4.13. The number of anilines is 1. The van der Waals surface area contributed by atoms with Crippen LogP contribution in [0.5, 0.6) is 5.75 Å². The second-order valence-electron chi connectivity index (χ2n) is 6.03. The molecule has 0 aromatic heterocycles. The van der Waals surface area contributed by atoms with Crippen LogP contribution in [0.15, 0.2) is 53.4 Å². The number of carbonyl (C=O) groups is 1. The fraction of sp³-hybridized carbons (Fsp3) is 0.0556. The van der Waals surface area contributed by atoms with E-state index in [-0.39, 0.29) is 27.7 Å². The van der Waals surface area contributed by atoms with Gasteiger partial charge < -0.3 is 10.4 Å². The molecule has 28 heavy (non-hydrogen) atoms. The molecule has 0 unspecified atom stereocenters. The van der Waals surface area contributed by atoms with E-state index in [0.717, 1.165) is 12.1 Å². The van der Waals surface area contributed by atoms with Gasteiger partial charge in [-0.1, -0.05) is 12.1 Å². The predicted molar refractivity (Wildman–Crippen MR) is 101 cm³/mol. The number of fused-ring (bicyclic) bond motifs is 1. The molecule has 3 aromatic rings. The Bertz CT molecular complexity index is 1240. The van der Waals surface area contributed by atoms with Crippen LogP contribution in [0.2, 0.25) is 0 Å². The molecule has 0 bridgehead atoms. The molecule has 0 spiro atoms. The van der Waals surface area contributed by atoms with Gasteiger partial charge in [-0.05, 0) is 36.6 Å². The first-order valence-corrected chi connectivity index (χ1v) is 9.31. The van der Waals surface area contributed by atoms with Crippen molar-refractivity contribution in [2.24, 2.45) is 0 Å². The van der Waals surface area contributed by atoms with Crippen molar-refractivity contribution in [2.75, 3.05) is 5.32 Å². The summed E-state index contributed by atoms with van der Waals surface area (Å²) in [6.45, 7) is 1.51. The Morgan fingerprint density at radius 2 is 1.86 bits per heavy atom. The molecule has 1 amide bonds. The van der Waals surface area contributed by atoms with Gasteiger partial charge in [0.25, 0.3) is 21.7 Å². The lowest BCUT2D eigenvalue weighted by molar-refractivity contribution is -0.385. The number of rotatable bonds is 4. The number of carbonyl (C=O) groups excluding carboxylic acids is 1. The lowest BCUT2D eigenvalue weighted by Crippen LogP contribution is -2.12. The minimum absolute atomic E-state index is 0.114. The molecule has 0 aliphatic rings. The summed E-state index contributed by atoms with van der Waals surface area (Å²) in [6.07, 6.45) is 0. The molecule has 0 saturated heterocycles. The number of amides is 1. The highest BCUT2D eigenvalue weighted by Gasteiger charge is 2.18. The maximum Gasteiger partial charge on any atom is 0.294 e. The average molecular weight is 402 g/mol. The Balaban J connectivity index is 2.02. The number of nitrogens with one attached hydrogen (secondary N) is 1. The molecule has 3 aromatic carbocycles. The Morgan fingerprint density at radius 1 is 1.14 bits per heavy atom. The zero-order chi connectivity index (χ0) is 20.6. The summed E-state index contributed by atoms with van der Waals surface area (Å²) in [5.74, 6) is -1.01. The van der Waals surface area contributed by atoms with Crippen LogP contribution in [0.1, 0.15) is 15.9 Å². The molecule has 10 heteroatoms. The SMILES string of the molecule is Cc1cc(C(=O)Nc2cccc3cc(S(=O)(=O)O)cc(O)c23)ccc1[N+](=O)[O-]. The van der Waals surface area contributed by atoms with Crippen LogP contribution >= 0.6 is 0 Å². The number of hydrogen-bond acceptors (Lipinski definition) is 6. The lowest BCUT2D eigenvalue weighted by Gasteiger charge is -2.11. The predicted octanol–water partition coefficient (Wildman–Crippen LogP) is 3.26. The van der Waals surface area contributed by atoms with Crippen LogP contribution in [-0.4, -0.2) is 28.9 Å². The summed E-state index contributed by atoms with van der Waals surface area (Å²) in [6, 6.07) is 10.5. The minimum Gasteiger partial charge on any atom is -0.507 e. The first kappa shape index (κ1) is 19.3. The number of nitro groups is 1. The standard InChI is InChI=1S/C18H14N2O7S/c1-10-7-12(5-6-15(10)20(23)24)18(22)19-14-4-2-3-11-8-13(28(25,26)27)9-16(21)17(11)14/h2-9,21H,1H3,(H,19,22)(H,25,26,27). The van der Waals surface area contributed by atoms with Crippen LogP contribution in [0.25, 0.3) is 10.8 Å². The molecule has 0 aliphatic carbocycles. The molecule has 0 heterocycles. The van der Waals surface area contributed by atoms with Crippen molar-refractivity contribution in [1.29, 1.82) is 0 Å². The van der Waals surface area contributed by atoms with Crippen molar-refractivity contribution in [2.45, 2.75) is 11.8 Å². The Morgan fingerprint density at radius 3 is 2.46 bits per heavy atom. The zero-order valence-electron chi connectivity index (χ0n) is 14.4. The molecular weight excluding hydrogens is 388 g/mol. The molecule has 0 aliphatic heterocycles. The van der Waals surface area contributed by atoms with Crippen molar-refractivity contribution in [3.05, 3.63) is 69.8 Å². The van der Waals surface area contributed by atoms with Gasteiger partial charge in [-0.3, -0.25) is 19.5 Å². The number of aryl methyl sites for hydroxylation is 1. The summed E-state index contributed by atoms with van der Waals surface area (Å²) in [7, 11) is -4.51. The topological polar surface area (TPSA) is 147 Å². The summed E-state index contributed by atoms with van der Waals surface area (Å²) >= 11 is 0. The van der Waals surface area contributed by atoms with Crippen molar-refractivity contribution in [3.8, 4) is 5.75 Å². The maximum absolute atomic E-state index is 12.5. The van der Waals surface area contributed by atoms with E-state index in [1.807, 2.05) is 0 Å². The Hall–Kier alpha value is -3.50. The van der Waals surface area contributed by atoms with E-state index >= 15 is 0 Å². The number of nitro benzene ring substituents is 1. The minimum atomic E-state index is -4.51. The number of hydrogen-bond donors (Lipinski definition) is 3. The molecule has 0 atom stereocenters. The van der Waals surface area contributed by atoms with Gasteiger partial charge in [-0.25, -0.2) is 0 Å². The smallest absolute Gasteiger partial charge is 0.294 e. The number of benzene rings is 3. The quantitative estimate of drug-likeness (QED) is 0.345. The normalized spacial score (nSPS) is 11.4. The summed E-state index contributed by atoms with van der Waals surface area (Å²) in [5.41, 5.74) is 0.584. The van der Waals surface area contributed by atoms with Gasteiger partial charge in [0, 0.05) is 28.6 Å². The van der Waals surface area contributed by atoms with E-state index in [9.17, 15) is 28.4 Å². The van der Waals surface area contributed by atoms with Gasteiger partial charge in [-0.2, -0.15) is 8.42 Å². The van der Waals surface area contributed by atoms with E-state index in [2.05, 4.69) is 5.32 Å². The van der Waals surface area contributed by atoms with Crippen molar-refractivity contribution in [3.63, 3.8) is 0 Å². The van der Waals surface area contributed by atoms with Gasteiger partial charge in [0.15, 0.2) is 0 Å². The van der Waals surface area contributed by atoms with Gasteiger partial charge in [0.2, 0.25) is 0 Å². The molecule has 3 N–H and O–H groups in total. The molecule has 0 saturated carbocycles. The maximum atomic E-state index is 12.5. The summed E-state index contributed by atoms with van der Waals surface area (Å²) < 4.78 is 31.8. The molecular formula is C18H14N2O7S. The number of nitrogens with zero attached hydrogens (tertiary/aromatic N) is 1. The van der Waals surface area contributed by atoms with Gasteiger partial charge >= 0.3 is 0 Å². The van der Waals surface area contributed by atoms with Crippen LogP contribution < -0.4 is 5.32 Å². The Kier molecular flexibility index (Phi) is 4.75. The monoisotopic (exact) mass is 402 g/mol. The van der Waals surface area contributed by atoms with Gasteiger partial charge in [-0.15, -0.1) is 0 Å². The van der Waals surface area contributed by atoms with E-state index in [1.54, 1.807) is 0 Å². The first-order valence-electron chi connectivity index (χ1n) is 7.87. The van der Waals surface area contributed by atoms with Crippen molar-refractivity contribution >= 4 is 38.2 Å². The first-order chi connectivity index (χ1) is 13.1.